The smallest absolute Gasteiger partial charge is 1.00 e. The average molecular weight is 319 g/mol. The Morgan fingerprint density at radius 1 is 1.27 bits per heavy atom. The minimum absolute atomic E-state index is 0. The van der Waals surface area contributed by atoms with E-state index in [0.717, 1.165) is 0 Å². The van der Waals surface area contributed by atoms with Gasteiger partial charge >= 0.3 is 26.2 Å². The van der Waals surface area contributed by atoms with Gasteiger partial charge in [0.25, 0.3) is 0 Å². The molecule has 0 saturated heterocycles. The number of hydrogen-bond acceptors (Lipinski definition) is 0. The van der Waals surface area contributed by atoms with Gasteiger partial charge < -0.3 is 29.8 Å². The second-order valence-electron chi connectivity index (χ2n) is 2.89. The number of halogens is 2. The summed E-state index contributed by atoms with van der Waals surface area (Å²) in [5, 5.41) is 0. The van der Waals surface area contributed by atoms with Crippen molar-refractivity contribution in [2.45, 2.75) is 12.8 Å². The summed E-state index contributed by atoms with van der Waals surface area (Å²) in [4.78, 5) is 2.74. The number of aryl methyl sites for hydroxylation is 2. The maximum Gasteiger partial charge on any atom is 4.00 e. The van der Waals surface area contributed by atoms with E-state index in [2.05, 4.69) is 29.4 Å². The Kier molecular flexibility index (Phi) is 10.9. The fourth-order valence-corrected chi connectivity index (χ4v) is 1.32. The molecule has 0 fully saturated rings. The van der Waals surface area contributed by atoms with E-state index in [1.54, 1.807) is 11.1 Å². The van der Waals surface area contributed by atoms with Crippen LogP contribution in [-0.2, 0) is 39.0 Å². The molecule has 0 saturated carbocycles. The summed E-state index contributed by atoms with van der Waals surface area (Å²) in [6, 6.07) is 10.3. The number of nitrogens with one attached hydrogen (secondary N) is 1. The van der Waals surface area contributed by atoms with Crippen LogP contribution in [0.5, 0.6) is 0 Å². The third-order valence-corrected chi connectivity index (χ3v) is 2.11. The molecule has 1 nitrogen and oxygen atoms in total. The van der Waals surface area contributed by atoms with Gasteiger partial charge in [0.05, 0.1) is 0 Å². The molecule has 78 valence electrons. The molecule has 2 aromatic rings. The standard InChI is InChI=1S/C7H7.C4H4N.2ClH.Zr/c1-2-6-4-5-7(6)3-1;1-2-4-5-3-1;;;/h1-3H,4-5H2;1-3,5H;2*1H;/q2*-1;;;+4/p-2. The van der Waals surface area contributed by atoms with Crippen LogP contribution < -0.4 is 24.8 Å². The molecule has 0 atom stereocenters. The number of aromatic amines is 1. The van der Waals surface area contributed by atoms with Crippen molar-refractivity contribution in [3.8, 4) is 0 Å². The molecule has 1 aromatic carbocycles. The fourth-order valence-electron chi connectivity index (χ4n) is 1.32. The summed E-state index contributed by atoms with van der Waals surface area (Å²) in [7, 11) is 0. The number of fused-ring (bicyclic) bond motifs is 1. The van der Waals surface area contributed by atoms with Gasteiger partial charge in [0, 0.05) is 0 Å². The molecular weight excluding hydrogens is 308 g/mol. The second-order valence-corrected chi connectivity index (χ2v) is 2.89. The first kappa shape index (κ1) is 17.5. The Morgan fingerprint density at radius 3 is 2.27 bits per heavy atom. The maximum absolute atomic E-state index is 2.74. The fraction of sp³-hybridized carbons (Fsp3) is 0.182. The Labute approximate surface area is 122 Å². The third kappa shape index (κ3) is 5.10. The summed E-state index contributed by atoms with van der Waals surface area (Å²) in [6.45, 7) is 0. The quantitative estimate of drug-likeness (QED) is 0.482. The summed E-state index contributed by atoms with van der Waals surface area (Å²) < 4.78 is 0. The van der Waals surface area contributed by atoms with Crippen LogP contribution in [0.4, 0.5) is 0 Å². The average Bonchev–Trinajstić information content (AvgIpc) is 2.64. The SMILES string of the molecule is [Cl-].[Cl-].[Zr+4].[c-]1ccc[nH]1.c1cc2[c-](c1)CC2. The molecule has 0 unspecified atom stereocenters. The molecule has 0 amide bonds. The molecule has 1 aromatic heterocycles. The van der Waals surface area contributed by atoms with Crippen LogP contribution >= 0.6 is 0 Å². The van der Waals surface area contributed by atoms with Gasteiger partial charge in [-0.1, -0.05) is 12.8 Å². The predicted molar refractivity (Wildman–Crippen MR) is 49.1 cm³/mol. The van der Waals surface area contributed by atoms with Crippen LogP contribution in [0.15, 0.2) is 36.5 Å². The molecule has 0 aliphatic heterocycles. The van der Waals surface area contributed by atoms with Gasteiger partial charge in [-0.3, -0.25) is 0 Å². The van der Waals surface area contributed by atoms with E-state index in [-0.39, 0.29) is 51.0 Å². The van der Waals surface area contributed by atoms with Crippen molar-refractivity contribution in [1.82, 2.24) is 4.98 Å². The molecular formula is C11H11Cl2NZr. The molecule has 1 N–H and O–H groups in total. The van der Waals surface area contributed by atoms with Crippen molar-refractivity contribution in [2.24, 2.45) is 0 Å². The largest absolute Gasteiger partial charge is 4.00 e. The Balaban J connectivity index is 0. The van der Waals surface area contributed by atoms with Crippen molar-refractivity contribution < 1.29 is 51.0 Å². The number of H-pyrrole nitrogens is 1. The van der Waals surface area contributed by atoms with Gasteiger partial charge in [0.1, 0.15) is 0 Å². The Hall–Kier alpha value is 0.0931. The molecule has 3 rings (SSSR count). The van der Waals surface area contributed by atoms with Crippen LogP contribution in [-0.4, -0.2) is 4.98 Å². The van der Waals surface area contributed by atoms with Crippen molar-refractivity contribution in [3.63, 3.8) is 0 Å². The van der Waals surface area contributed by atoms with E-state index in [0.29, 0.717) is 0 Å². The zero-order chi connectivity index (χ0) is 8.23. The van der Waals surface area contributed by atoms with Gasteiger partial charge in [-0.25, -0.2) is 12.1 Å². The summed E-state index contributed by atoms with van der Waals surface area (Å²) in [6.07, 6.45) is 7.20. The molecule has 1 aliphatic rings. The van der Waals surface area contributed by atoms with Gasteiger partial charge in [0.15, 0.2) is 0 Å². The predicted octanol–water partition coefficient (Wildman–Crippen LogP) is -3.68. The first-order chi connectivity index (χ1) is 5.97. The first-order valence-electron chi connectivity index (χ1n) is 4.20. The summed E-state index contributed by atoms with van der Waals surface area (Å²) in [5.74, 6) is 0. The van der Waals surface area contributed by atoms with Gasteiger partial charge in [-0.2, -0.15) is 35.5 Å². The number of aromatic nitrogens is 1. The zero-order valence-corrected chi connectivity index (χ0v) is 12.1. The van der Waals surface area contributed by atoms with Gasteiger partial charge in [0.2, 0.25) is 0 Å². The molecule has 4 heteroatoms. The molecule has 15 heavy (non-hydrogen) atoms. The van der Waals surface area contributed by atoms with Crippen LogP contribution in [0.25, 0.3) is 0 Å². The van der Waals surface area contributed by atoms with Crippen molar-refractivity contribution in [2.75, 3.05) is 0 Å². The van der Waals surface area contributed by atoms with Crippen LogP contribution in [0.1, 0.15) is 11.1 Å². The minimum atomic E-state index is 0. The molecule has 0 spiro atoms. The Bertz CT molecular complexity index is 294. The van der Waals surface area contributed by atoms with Crippen LogP contribution in [0.2, 0.25) is 0 Å². The zero-order valence-electron chi connectivity index (χ0n) is 8.13. The first-order valence-corrected chi connectivity index (χ1v) is 4.20. The van der Waals surface area contributed by atoms with E-state index in [1.807, 2.05) is 18.3 Å². The van der Waals surface area contributed by atoms with Crippen LogP contribution in [0.3, 0.4) is 0 Å². The van der Waals surface area contributed by atoms with Crippen LogP contribution in [0, 0.1) is 6.20 Å². The molecule has 1 heterocycles. The molecule has 0 bridgehead atoms. The van der Waals surface area contributed by atoms with Gasteiger partial charge in [-0.05, 0) is 0 Å². The third-order valence-electron chi connectivity index (χ3n) is 2.11. The van der Waals surface area contributed by atoms with E-state index < -0.39 is 0 Å². The molecule has 1 aliphatic carbocycles. The van der Waals surface area contributed by atoms with E-state index in [4.69, 9.17) is 0 Å². The number of rotatable bonds is 0. The van der Waals surface area contributed by atoms with E-state index in [1.165, 1.54) is 12.8 Å². The monoisotopic (exact) mass is 317 g/mol. The normalized spacial score (nSPS) is 9.87. The summed E-state index contributed by atoms with van der Waals surface area (Å²) in [5.41, 5.74) is 3.14. The van der Waals surface area contributed by atoms with Crippen molar-refractivity contribution in [1.29, 1.82) is 0 Å². The van der Waals surface area contributed by atoms with Crippen molar-refractivity contribution >= 4 is 0 Å². The van der Waals surface area contributed by atoms with E-state index in [9.17, 15) is 0 Å². The minimum Gasteiger partial charge on any atom is -1.00 e. The summed E-state index contributed by atoms with van der Waals surface area (Å²) >= 11 is 0. The topological polar surface area (TPSA) is 15.8 Å². The number of hydrogen-bond donors (Lipinski definition) is 1. The molecule has 0 radical (unpaired) electrons. The van der Waals surface area contributed by atoms with Crippen molar-refractivity contribution in [3.05, 3.63) is 53.9 Å². The Morgan fingerprint density at radius 2 is 2.07 bits per heavy atom. The van der Waals surface area contributed by atoms with Gasteiger partial charge in [-0.15, -0.1) is 6.20 Å². The maximum atomic E-state index is 2.74. The van der Waals surface area contributed by atoms with E-state index >= 15 is 0 Å². The second kappa shape index (κ2) is 9.33.